The molecule has 7 heteroatoms. The molecule has 0 atom stereocenters. The molecule has 94 valence electrons. The second-order valence-corrected chi connectivity index (χ2v) is 6.09. The fraction of sp³-hybridized carbons (Fsp3) is 0.400. The molecule has 0 aromatic heterocycles. The lowest BCUT2D eigenvalue weighted by molar-refractivity contribution is -0.384. The molecule has 1 aromatic carbocycles. The van der Waals surface area contributed by atoms with Gasteiger partial charge in [-0.3, -0.25) is 10.1 Å². The van der Waals surface area contributed by atoms with Crippen molar-refractivity contribution in [2.45, 2.75) is 31.2 Å². The number of nitro groups is 1. The van der Waals surface area contributed by atoms with Crippen molar-refractivity contribution < 1.29 is 13.3 Å². The molecule has 0 saturated carbocycles. The van der Waals surface area contributed by atoms with Gasteiger partial charge >= 0.3 is 0 Å². The van der Waals surface area contributed by atoms with Crippen LogP contribution >= 0.6 is 0 Å². The predicted octanol–water partition coefficient (Wildman–Crippen LogP) is 2.46. The second kappa shape index (κ2) is 4.42. The van der Waals surface area contributed by atoms with E-state index < -0.39 is 20.5 Å². The van der Waals surface area contributed by atoms with Gasteiger partial charge in [-0.05, 0) is 12.1 Å². The summed E-state index contributed by atoms with van der Waals surface area (Å²) in [6.45, 7) is 4.99. The molecule has 0 aliphatic carbocycles. The van der Waals surface area contributed by atoms with Crippen molar-refractivity contribution >= 4 is 15.7 Å². The van der Waals surface area contributed by atoms with Crippen molar-refractivity contribution in [3.8, 4) is 0 Å². The lowest BCUT2D eigenvalue weighted by Crippen LogP contribution is -2.17. The third-order valence-corrected chi connectivity index (χ3v) is 3.40. The van der Waals surface area contributed by atoms with Crippen LogP contribution in [0.1, 0.15) is 20.8 Å². The molecule has 0 heterocycles. The normalized spacial score (nSPS) is 12.4. The van der Waals surface area contributed by atoms with Crippen molar-refractivity contribution in [3.63, 3.8) is 0 Å². The Morgan fingerprint density at radius 2 is 1.65 bits per heavy atom. The van der Waals surface area contributed by atoms with Gasteiger partial charge in [0.1, 0.15) is 10.0 Å². The van der Waals surface area contributed by atoms with Gasteiger partial charge in [-0.15, -0.1) is 5.54 Å². The monoisotopic (exact) mass is 257 g/mol. The number of rotatable bonds is 3. The van der Waals surface area contributed by atoms with E-state index in [-0.39, 0.29) is 10.6 Å². The smallest absolute Gasteiger partial charge is 0.269 e. The molecule has 0 aliphatic rings. The van der Waals surface area contributed by atoms with Crippen LogP contribution in [0.25, 0.3) is 4.72 Å². The Morgan fingerprint density at radius 3 is 2.00 bits per heavy atom. The molecular weight excluding hydrogens is 244 g/mol. The van der Waals surface area contributed by atoms with Crippen LogP contribution in [0.4, 0.5) is 5.69 Å². The molecule has 0 N–H and O–H groups in total. The van der Waals surface area contributed by atoms with Gasteiger partial charge in [0.15, 0.2) is 0 Å². The Bertz CT molecular complexity index is 514. The van der Waals surface area contributed by atoms with E-state index in [1.54, 1.807) is 20.8 Å². The highest BCUT2D eigenvalue weighted by molar-refractivity contribution is 7.94. The number of benzene rings is 1. The van der Waals surface area contributed by atoms with Gasteiger partial charge in [0.2, 0.25) is 0 Å². The molecule has 17 heavy (non-hydrogen) atoms. The lowest BCUT2D eigenvalue weighted by Gasteiger charge is -2.35. The van der Waals surface area contributed by atoms with E-state index in [1.807, 2.05) is 0 Å². The molecule has 0 saturated heterocycles. The summed E-state index contributed by atoms with van der Waals surface area (Å²) in [5, 5.41) is 10.4. The quantitative estimate of drug-likeness (QED) is 0.614. The minimum atomic E-state index is -3.76. The van der Waals surface area contributed by atoms with Crippen molar-refractivity contribution in [2.24, 2.45) is 0 Å². The molecule has 0 amide bonds. The van der Waals surface area contributed by atoms with Gasteiger partial charge in [0.05, 0.1) is 4.92 Å². The van der Waals surface area contributed by atoms with Gasteiger partial charge in [-0.2, -0.15) is 0 Å². The average molecular weight is 257 g/mol. The summed E-state index contributed by atoms with van der Waals surface area (Å²) >= 11 is 0. The molecule has 6 nitrogen and oxygen atoms in total. The Hall–Kier alpha value is -1.47. The number of hydrogen-bond donors (Lipinski definition) is 0. The molecule has 0 unspecified atom stereocenters. The third-order valence-electron chi connectivity index (χ3n) is 1.74. The fourth-order valence-electron chi connectivity index (χ4n) is 1.15. The van der Waals surface area contributed by atoms with E-state index in [1.165, 1.54) is 12.1 Å². The Balaban J connectivity index is 3.05. The first-order valence-corrected chi connectivity index (χ1v) is 6.29. The number of nitrogens with zero attached hydrogens (tertiary/aromatic N) is 2. The molecule has 1 aromatic rings. The van der Waals surface area contributed by atoms with Gasteiger partial charge in [-0.25, -0.2) is 8.42 Å². The highest BCUT2D eigenvalue weighted by Gasteiger charge is 2.12. The van der Waals surface area contributed by atoms with Crippen molar-refractivity contribution in [3.05, 3.63) is 39.1 Å². The zero-order chi connectivity index (χ0) is 13.3. The van der Waals surface area contributed by atoms with Crippen LogP contribution in [0.3, 0.4) is 0 Å². The highest BCUT2D eigenvalue weighted by atomic mass is 32.2. The largest absolute Gasteiger partial charge is 0.540 e. The van der Waals surface area contributed by atoms with E-state index >= 15 is 0 Å². The van der Waals surface area contributed by atoms with Crippen LogP contribution in [0.15, 0.2) is 29.2 Å². The Kier molecular flexibility index (Phi) is 3.53. The molecule has 0 aliphatic heterocycles. The van der Waals surface area contributed by atoms with Crippen LogP contribution in [0, 0.1) is 10.1 Å². The van der Waals surface area contributed by atoms with Crippen LogP contribution in [-0.2, 0) is 10.0 Å². The molecule has 0 radical (unpaired) electrons. The fourth-order valence-corrected chi connectivity index (χ4v) is 2.46. The second-order valence-electron chi connectivity index (χ2n) is 4.49. The first-order valence-electron chi connectivity index (χ1n) is 4.85. The zero-order valence-corrected chi connectivity index (χ0v) is 10.6. The molecule has 0 bridgehead atoms. The van der Waals surface area contributed by atoms with Gasteiger partial charge in [-0.1, -0.05) is 20.8 Å². The van der Waals surface area contributed by atoms with E-state index in [0.29, 0.717) is 0 Å². The number of hydrogen-bond acceptors (Lipinski definition) is 4. The first kappa shape index (κ1) is 13.6. The predicted molar refractivity (Wildman–Crippen MR) is 63.4 cm³/mol. The highest BCUT2D eigenvalue weighted by Crippen LogP contribution is 2.26. The lowest BCUT2D eigenvalue weighted by atomic mass is 10.1. The Morgan fingerprint density at radius 1 is 1.18 bits per heavy atom. The average Bonchev–Trinajstić information content (AvgIpc) is 2.14. The van der Waals surface area contributed by atoms with Crippen molar-refractivity contribution in [1.29, 1.82) is 0 Å². The summed E-state index contributed by atoms with van der Waals surface area (Å²) in [4.78, 5) is 9.79. The van der Waals surface area contributed by atoms with E-state index in [9.17, 15) is 18.5 Å². The standard InChI is InChI=1S/C10H13N2O4S/c1-10(2,3)11-17(15,16)9-6-4-8(5-7-9)12(13)14/h4-7H,1-3H3/q-1. The van der Waals surface area contributed by atoms with Crippen LogP contribution in [0.2, 0.25) is 0 Å². The molecule has 1 rings (SSSR count). The minimum absolute atomic E-state index is 0.0435. The van der Waals surface area contributed by atoms with Gasteiger partial charge < -0.3 is 4.72 Å². The molecule has 0 spiro atoms. The van der Waals surface area contributed by atoms with Gasteiger partial charge in [0.25, 0.3) is 5.69 Å². The Labute approximate surface area is 99.9 Å². The van der Waals surface area contributed by atoms with E-state index in [0.717, 1.165) is 12.1 Å². The van der Waals surface area contributed by atoms with Gasteiger partial charge in [0, 0.05) is 17.0 Å². The number of nitro benzene ring substituents is 1. The minimum Gasteiger partial charge on any atom is -0.540 e. The maximum atomic E-state index is 11.8. The topological polar surface area (TPSA) is 91.4 Å². The van der Waals surface area contributed by atoms with Crippen LogP contribution in [0.5, 0.6) is 0 Å². The summed E-state index contributed by atoms with van der Waals surface area (Å²) in [7, 11) is -3.76. The zero-order valence-electron chi connectivity index (χ0n) is 9.75. The van der Waals surface area contributed by atoms with Crippen LogP contribution in [-0.4, -0.2) is 18.9 Å². The van der Waals surface area contributed by atoms with Crippen molar-refractivity contribution in [1.82, 2.24) is 0 Å². The summed E-state index contributed by atoms with van der Waals surface area (Å²) < 4.78 is 27.3. The summed E-state index contributed by atoms with van der Waals surface area (Å²) in [6.07, 6.45) is 0. The third kappa shape index (κ3) is 3.79. The number of sulfonamides is 1. The summed E-state index contributed by atoms with van der Waals surface area (Å²) in [5.41, 5.74) is -0.875. The van der Waals surface area contributed by atoms with E-state index in [2.05, 4.69) is 4.72 Å². The summed E-state index contributed by atoms with van der Waals surface area (Å²) in [5.74, 6) is 0. The maximum absolute atomic E-state index is 11.8. The summed E-state index contributed by atoms with van der Waals surface area (Å²) in [6, 6.07) is 4.65. The number of non-ortho nitro benzene ring substituents is 1. The van der Waals surface area contributed by atoms with Crippen molar-refractivity contribution in [2.75, 3.05) is 0 Å². The SMILES string of the molecule is CC(C)(C)[N-]S(=O)(=O)c1ccc([N+](=O)[O-])cc1. The first-order chi connectivity index (χ1) is 7.62. The van der Waals surface area contributed by atoms with E-state index in [4.69, 9.17) is 0 Å². The van der Waals surface area contributed by atoms with Crippen LogP contribution < -0.4 is 0 Å². The molecular formula is C10H13N2O4S-. The molecule has 0 fully saturated rings. The maximum Gasteiger partial charge on any atom is 0.269 e.